The Morgan fingerprint density at radius 3 is 2.42 bits per heavy atom. The van der Waals surface area contributed by atoms with Crippen molar-refractivity contribution >= 4 is 22.6 Å². The van der Waals surface area contributed by atoms with E-state index in [1.54, 1.807) is 10.6 Å². The van der Waals surface area contributed by atoms with E-state index in [0.717, 1.165) is 12.6 Å². The Balaban J connectivity index is 2.72. The highest BCUT2D eigenvalue weighted by Gasteiger charge is 2.19. The minimum absolute atomic E-state index is 0.0774. The molecule has 0 unspecified atom stereocenters. The molecule has 0 atom stereocenters. The number of nitrogens with zero attached hydrogens (tertiary/aromatic N) is 3. The number of hydrogen-bond acceptors (Lipinski definition) is 4. The third-order valence-corrected chi connectivity index (χ3v) is 4.43. The molecule has 0 radical (unpaired) electrons. The monoisotopic (exact) mass is 363 g/mol. The largest absolute Gasteiger partial charge is 0.477 e. The van der Waals surface area contributed by atoms with E-state index in [1.807, 2.05) is 44.7 Å². The molecule has 7 heteroatoms. The van der Waals surface area contributed by atoms with Gasteiger partial charge in [0, 0.05) is 37.3 Å². The number of aromatic nitrogens is 1. The summed E-state index contributed by atoms with van der Waals surface area (Å²) in [5.74, 6) is -1.83. The van der Waals surface area contributed by atoms with Gasteiger partial charge in [-0.1, -0.05) is 0 Å². The van der Waals surface area contributed by atoms with Crippen LogP contribution in [-0.2, 0) is 0 Å². The molecule has 142 valence electrons. The smallest absolute Gasteiger partial charge is 0.341 e. The third kappa shape index (κ3) is 3.88. The molecule has 1 heterocycles. The van der Waals surface area contributed by atoms with E-state index < -0.39 is 17.2 Å². The lowest BCUT2D eigenvalue weighted by molar-refractivity contribution is 0.0694. The number of carbonyl (C=O) groups is 1. The second-order valence-corrected chi connectivity index (χ2v) is 6.88. The summed E-state index contributed by atoms with van der Waals surface area (Å²) < 4.78 is 16.5. The van der Waals surface area contributed by atoms with E-state index in [4.69, 9.17) is 0 Å². The van der Waals surface area contributed by atoms with Gasteiger partial charge in [0.15, 0.2) is 0 Å². The van der Waals surface area contributed by atoms with Crippen molar-refractivity contribution in [3.05, 3.63) is 39.9 Å². The van der Waals surface area contributed by atoms with Crippen LogP contribution in [0.25, 0.3) is 10.9 Å². The van der Waals surface area contributed by atoms with Crippen LogP contribution < -0.4 is 10.3 Å². The first-order valence-electron chi connectivity index (χ1n) is 8.68. The number of anilines is 1. The lowest BCUT2D eigenvalue weighted by atomic mass is 10.1. The van der Waals surface area contributed by atoms with E-state index in [1.165, 1.54) is 6.20 Å². The number of hydrogen-bond donors (Lipinski definition) is 1. The van der Waals surface area contributed by atoms with Gasteiger partial charge in [0.25, 0.3) is 0 Å². The van der Waals surface area contributed by atoms with Crippen LogP contribution in [-0.4, -0.2) is 54.3 Å². The maximum Gasteiger partial charge on any atom is 0.341 e. The molecular weight excluding hydrogens is 337 g/mol. The Bertz CT molecular complexity index is 874. The maximum atomic E-state index is 14.8. The SMILES string of the molecule is CCN(CCN(C)C)c1cc2c(cc1F)c(=O)c(C(=O)O)cn2C(C)C. The van der Waals surface area contributed by atoms with Crippen LogP contribution in [0.1, 0.15) is 37.2 Å². The Hall–Kier alpha value is -2.41. The molecule has 0 amide bonds. The molecule has 0 fully saturated rings. The molecule has 0 bridgehead atoms. The highest BCUT2D eigenvalue weighted by Crippen LogP contribution is 2.26. The van der Waals surface area contributed by atoms with Gasteiger partial charge in [0.2, 0.25) is 5.43 Å². The highest BCUT2D eigenvalue weighted by atomic mass is 19.1. The van der Waals surface area contributed by atoms with Crippen LogP contribution in [0.3, 0.4) is 0 Å². The number of carboxylic acid groups (broad SMARTS) is 1. The number of pyridine rings is 1. The van der Waals surface area contributed by atoms with Gasteiger partial charge in [0.1, 0.15) is 11.4 Å². The number of rotatable bonds is 7. The fourth-order valence-electron chi connectivity index (χ4n) is 2.95. The summed E-state index contributed by atoms with van der Waals surface area (Å²) in [6, 6.07) is 2.74. The summed E-state index contributed by atoms with van der Waals surface area (Å²) >= 11 is 0. The molecule has 0 aliphatic rings. The van der Waals surface area contributed by atoms with Crippen LogP contribution in [0.5, 0.6) is 0 Å². The second kappa shape index (κ2) is 7.86. The van der Waals surface area contributed by atoms with Gasteiger partial charge in [-0.3, -0.25) is 4.79 Å². The normalized spacial score (nSPS) is 11.5. The predicted molar refractivity (Wildman–Crippen MR) is 102 cm³/mol. The average molecular weight is 363 g/mol. The van der Waals surface area contributed by atoms with Crippen molar-refractivity contribution in [2.24, 2.45) is 0 Å². The lowest BCUT2D eigenvalue weighted by Crippen LogP contribution is -2.32. The fourth-order valence-corrected chi connectivity index (χ4v) is 2.95. The number of aromatic carboxylic acids is 1. The van der Waals surface area contributed by atoms with E-state index in [0.29, 0.717) is 24.3 Å². The number of carboxylic acids is 1. The van der Waals surface area contributed by atoms with E-state index >= 15 is 0 Å². The topological polar surface area (TPSA) is 65.8 Å². The van der Waals surface area contributed by atoms with Crippen molar-refractivity contribution in [3.8, 4) is 0 Å². The molecule has 0 aliphatic heterocycles. The van der Waals surface area contributed by atoms with Gasteiger partial charge in [-0.25, -0.2) is 9.18 Å². The lowest BCUT2D eigenvalue weighted by Gasteiger charge is -2.26. The molecular formula is C19H26FN3O3. The van der Waals surface area contributed by atoms with Gasteiger partial charge in [-0.15, -0.1) is 0 Å². The first kappa shape index (κ1) is 19.9. The van der Waals surface area contributed by atoms with Crippen LogP contribution in [0.4, 0.5) is 10.1 Å². The summed E-state index contributed by atoms with van der Waals surface area (Å²) in [5, 5.41) is 9.37. The van der Waals surface area contributed by atoms with Crippen LogP contribution in [0.15, 0.2) is 23.1 Å². The molecule has 2 aromatic rings. The standard InChI is InChI=1S/C19H26FN3O3/c1-6-22(8-7-21(4)5)17-10-16-13(9-15(17)20)18(24)14(19(25)26)11-23(16)12(2)3/h9-12H,6-8H2,1-5H3,(H,25,26). The number of likely N-dealkylation sites (N-methyl/N-ethyl adjacent to an activating group) is 2. The van der Waals surface area contributed by atoms with Crippen molar-refractivity contribution < 1.29 is 14.3 Å². The van der Waals surface area contributed by atoms with E-state index in [2.05, 4.69) is 0 Å². The minimum Gasteiger partial charge on any atom is -0.477 e. The third-order valence-electron chi connectivity index (χ3n) is 4.43. The van der Waals surface area contributed by atoms with E-state index in [-0.39, 0.29) is 17.0 Å². The fraction of sp³-hybridized carbons (Fsp3) is 0.474. The van der Waals surface area contributed by atoms with Crippen molar-refractivity contribution in [2.75, 3.05) is 38.6 Å². The van der Waals surface area contributed by atoms with Gasteiger partial charge >= 0.3 is 5.97 Å². The molecule has 1 N–H and O–H groups in total. The van der Waals surface area contributed by atoms with Crippen molar-refractivity contribution in [1.29, 1.82) is 0 Å². The minimum atomic E-state index is -1.31. The molecule has 0 spiro atoms. The van der Waals surface area contributed by atoms with Gasteiger partial charge in [-0.05, 0) is 47.0 Å². The summed E-state index contributed by atoms with van der Waals surface area (Å²) in [7, 11) is 3.91. The summed E-state index contributed by atoms with van der Waals surface area (Å²) in [5.41, 5.74) is -0.0575. The van der Waals surface area contributed by atoms with Gasteiger partial charge in [0.05, 0.1) is 11.2 Å². The zero-order valence-electron chi connectivity index (χ0n) is 15.9. The molecule has 1 aromatic carbocycles. The predicted octanol–water partition coefficient (Wildman–Crippen LogP) is 2.81. The zero-order chi connectivity index (χ0) is 19.6. The van der Waals surface area contributed by atoms with E-state index in [9.17, 15) is 19.1 Å². The number of benzene rings is 1. The molecule has 26 heavy (non-hydrogen) atoms. The molecule has 6 nitrogen and oxygen atoms in total. The maximum absolute atomic E-state index is 14.8. The summed E-state index contributed by atoms with van der Waals surface area (Å²) in [4.78, 5) is 27.8. The Morgan fingerprint density at radius 1 is 1.27 bits per heavy atom. The van der Waals surface area contributed by atoms with Gasteiger partial charge in [-0.2, -0.15) is 0 Å². The van der Waals surface area contributed by atoms with Crippen molar-refractivity contribution in [2.45, 2.75) is 26.8 Å². The van der Waals surface area contributed by atoms with Crippen molar-refractivity contribution in [1.82, 2.24) is 9.47 Å². The number of fused-ring (bicyclic) bond motifs is 1. The average Bonchev–Trinajstić information content (AvgIpc) is 2.55. The molecule has 1 aromatic heterocycles. The Labute approximate surface area is 152 Å². The quantitative estimate of drug-likeness (QED) is 0.819. The first-order valence-corrected chi connectivity index (χ1v) is 8.68. The molecule has 0 saturated carbocycles. The van der Waals surface area contributed by atoms with Crippen LogP contribution in [0.2, 0.25) is 0 Å². The Morgan fingerprint density at radius 2 is 1.92 bits per heavy atom. The zero-order valence-corrected chi connectivity index (χ0v) is 15.9. The summed E-state index contributed by atoms with van der Waals surface area (Å²) in [6.45, 7) is 7.76. The first-order chi connectivity index (χ1) is 12.2. The molecule has 2 rings (SSSR count). The summed E-state index contributed by atoms with van der Waals surface area (Å²) in [6.07, 6.45) is 1.34. The molecule has 0 saturated heterocycles. The van der Waals surface area contributed by atoms with Crippen molar-refractivity contribution in [3.63, 3.8) is 0 Å². The molecule has 0 aliphatic carbocycles. The second-order valence-electron chi connectivity index (χ2n) is 6.88. The Kier molecular flexibility index (Phi) is 6.02. The van der Waals surface area contributed by atoms with Crippen LogP contribution >= 0.6 is 0 Å². The van der Waals surface area contributed by atoms with Gasteiger partial charge < -0.3 is 19.5 Å². The number of halogens is 1. The highest BCUT2D eigenvalue weighted by molar-refractivity contribution is 5.93. The van der Waals surface area contributed by atoms with Crippen LogP contribution in [0, 0.1) is 5.82 Å².